The van der Waals surface area contributed by atoms with Gasteiger partial charge in [0.15, 0.2) is 5.60 Å². The zero-order chi connectivity index (χ0) is 13.8. The van der Waals surface area contributed by atoms with Crippen molar-refractivity contribution in [2.24, 2.45) is 0 Å². The van der Waals surface area contributed by atoms with Crippen LogP contribution >= 0.6 is 0 Å². The summed E-state index contributed by atoms with van der Waals surface area (Å²) < 4.78 is 5.13. The Labute approximate surface area is 107 Å². The SMILES string of the molecule is COC1(C(=O)O)CCN(CC(=O)NC(C)C)CC1. The molecule has 2 N–H and O–H groups in total. The van der Waals surface area contributed by atoms with Gasteiger partial charge >= 0.3 is 5.97 Å². The number of methoxy groups -OCH3 is 1. The summed E-state index contributed by atoms with van der Waals surface area (Å²) in [5.41, 5.74) is -1.08. The molecular formula is C12H22N2O4. The number of carboxylic acid groups (broad SMARTS) is 1. The van der Waals surface area contributed by atoms with Crippen molar-refractivity contribution in [3.05, 3.63) is 0 Å². The van der Waals surface area contributed by atoms with E-state index in [9.17, 15) is 9.59 Å². The molecule has 0 aromatic heterocycles. The second-order valence-electron chi connectivity index (χ2n) is 5.00. The van der Waals surface area contributed by atoms with Crippen LogP contribution in [0.5, 0.6) is 0 Å². The third-order valence-electron chi connectivity index (χ3n) is 3.26. The van der Waals surface area contributed by atoms with Crippen molar-refractivity contribution >= 4 is 11.9 Å². The highest BCUT2D eigenvalue weighted by atomic mass is 16.5. The fourth-order valence-corrected chi connectivity index (χ4v) is 2.15. The Balaban J connectivity index is 2.44. The Kier molecular flexibility index (Phi) is 5.10. The van der Waals surface area contributed by atoms with E-state index in [0.717, 1.165) is 0 Å². The van der Waals surface area contributed by atoms with E-state index in [4.69, 9.17) is 9.84 Å². The summed E-state index contributed by atoms with van der Waals surface area (Å²) in [5, 5.41) is 12.0. The molecule has 1 aliphatic heterocycles. The number of amides is 1. The van der Waals surface area contributed by atoms with Gasteiger partial charge in [-0.05, 0) is 26.7 Å². The highest BCUT2D eigenvalue weighted by Crippen LogP contribution is 2.25. The number of carboxylic acids is 1. The number of ether oxygens (including phenoxy) is 1. The second kappa shape index (κ2) is 6.15. The van der Waals surface area contributed by atoms with Gasteiger partial charge in [-0.3, -0.25) is 9.69 Å². The summed E-state index contributed by atoms with van der Waals surface area (Å²) in [7, 11) is 1.43. The molecule has 1 heterocycles. The van der Waals surface area contributed by atoms with E-state index in [0.29, 0.717) is 32.5 Å². The van der Waals surface area contributed by atoms with Gasteiger partial charge in [-0.15, -0.1) is 0 Å². The number of aliphatic carboxylic acids is 1. The molecule has 6 nitrogen and oxygen atoms in total. The molecule has 0 atom stereocenters. The van der Waals surface area contributed by atoms with E-state index in [1.165, 1.54) is 7.11 Å². The van der Waals surface area contributed by atoms with Crippen molar-refractivity contribution in [1.82, 2.24) is 10.2 Å². The first-order valence-electron chi connectivity index (χ1n) is 6.20. The van der Waals surface area contributed by atoms with Gasteiger partial charge in [0.05, 0.1) is 6.54 Å². The number of carbonyl (C=O) groups excluding carboxylic acids is 1. The predicted octanol–water partition coefficient (Wildman–Crippen LogP) is 0.0766. The highest BCUT2D eigenvalue weighted by Gasteiger charge is 2.41. The molecule has 0 spiro atoms. The quantitative estimate of drug-likeness (QED) is 0.730. The second-order valence-corrected chi connectivity index (χ2v) is 5.00. The molecule has 0 unspecified atom stereocenters. The maximum atomic E-state index is 11.6. The minimum atomic E-state index is -1.08. The first-order chi connectivity index (χ1) is 8.39. The Morgan fingerprint density at radius 2 is 1.94 bits per heavy atom. The molecule has 104 valence electrons. The average molecular weight is 258 g/mol. The van der Waals surface area contributed by atoms with Crippen LogP contribution in [0.3, 0.4) is 0 Å². The molecule has 1 saturated heterocycles. The summed E-state index contributed by atoms with van der Waals surface area (Å²) in [6, 6.07) is 0.124. The number of piperidine rings is 1. The van der Waals surface area contributed by atoms with Crippen LogP contribution in [0.1, 0.15) is 26.7 Å². The van der Waals surface area contributed by atoms with E-state index in [2.05, 4.69) is 5.32 Å². The van der Waals surface area contributed by atoms with Crippen molar-refractivity contribution in [1.29, 1.82) is 0 Å². The molecule has 18 heavy (non-hydrogen) atoms. The molecule has 0 bridgehead atoms. The molecule has 1 rings (SSSR count). The van der Waals surface area contributed by atoms with Crippen molar-refractivity contribution in [3.8, 4) is 0 Å². The fourth-order valence-electron chi connectivity index (χ4n) is 2.15. The minimum absolute atomic E-state index is 0.0229. The van der Waals surface area contributed by atoms with Gasteiger partial charge in [-0.1, -0.05) is 0 Å². The van der Waals surface area contributed by atoms with Crippen molar-refractivity contribution < 1.29 is 19.4 Å². The lowest BCUT2D eigenvalue weighted by Gasteiger charge is -2.37. The normalized spacial score (nSPS) is 19.8. The Hall–Kier alpha value is -1.14. The van der Waals surface area contributed by atoms with E-state index in [-0.39, 0.29) is 11.9 Å². The number of nitrogens with zero attached hydrogens (tertiary/aromatic N) is 1. The molecule has 0 saturated carbocycles. The lowest BCUT2D eigenvalue weighted by Crippen LogP contribution is -2.52. The molecule has 0 aromatic carbocycles. The van der Waals surface area contributed by atoms with E-state index in [1.54, 1.807) is 0 Å². The van der Waals surface area contributed by atoms with Crippen LogP contribution in [0, 0.1) is 0 Å². The first kappa shape index (κ1) is 14.9. The molecule has 0 radical (unpaired) electrons. The van der Waals surface area contributed by atoms with E-state index >= 15 is 0 Å². The van der Waals surface area contributed by atoms with Crippen LogP contribution < -0.4 is 5.32 Å². The van der Waals surface area contributed by atoms with Crippen LogP contribution in [-0.2, 0) is 14.3 Å². The number of hydrogen-bond donors (Lipinski definition) is 2. The van der Waals surface area contributed by atoms with Crippen molar-refractivity contribution in [2.75, 3.05) is 26.7 Å². The molecule has 1 fully saturated rings. The molecular weight excluding hydrogens is 236 g/mol. The van der Waals surface area contributed by atoms with Crippen molar-refractivity contribution in [3.63, 3.8) is 0 Å². The summed E-state index contributed by atoms with van der Waals surface area (Å²) in [6.45, 7) is 5.26. The zero-order valence-corrected chi connectivity index (χ0v) is 11.2. The zero-order valence-electron chi connectivity index (χ0n) is 11.2. The van der Waals surface area contributed by atoms with Crippen LogP contribution in [0.2, 0.25) is 0 Å². The fraction of sp³-hybridized carbons (Fsp3) is 0.833. The Bertz CT molecular complexity index is 309. The first-order valence-corrected chi connectivity index (χ1v) is 6.20. The Morgan fingerprint density at radius 1 is 1.39 bits per heavy atom. The van der Waals surface area contributed by atoms with Gasteiger partial charge in [0.1, 0.15) is 0 Å². The maximum absolute atomic E-state index is 11.6. The largest absolute Gasteiger partial charge is 0.479 e. The summed E-state index contributed by atoms with van der Waals surface area (Å²) in [5.74, 6) is -0.943. The molecule has 0 aliphatic carbocycles. The van der Waals surface area contributed by atoms with Gasteiger partial charge < -0.3 is 15.2 Å². The van der Waals surface area contributed by atoms with Gasteiger partial charge in [0.25, 0.3) is 0 Å². The van der Waals surface area contributed by atoms with Crippen LogP contribution in [-0.4, -0.2) is 60.3 Å². The lowest BCUT2D eigenvalue weighted by molar-refractivity contribution is -0.168. The summed E-state index contributed by atoms with van der Waals surface area (Å²) in [6.07, 6.45) is 0.821. The maximum Gasteiger partial charge on any atom is 0.336 e. The molecule has 1 aliphatic rings. The lowest BCUT2D eigenvalue weighted by atomic mass is 9.91. The summed E-state index contributed by atoms with van der Waals surface area (Å²) in [4.78, 5) is 24.7. The smallest absolute Gasteiger partial charge is 0.336 e. The average Bonchev–Trinajstić information content (AvgIpc) is 2.28. The number of likely N-dealkylation sites (tertiary alicyclic amines) is 1. The molecule has 0 aromatic rings. The molecule has 1 amide bonds. The van der Waals surface area contributed by atoms with Crippen LogP contribution in [0.25, 0.3) is 0 Å². The van der Waals surface area contributed by atoms with Gasteiger partial charge in [-0.2, -0.15) is 0 Å². The van der Waals surface area contributed by atoms with E-state index < -0.39 is 11.6 Å². The summed E-state index contributed by atoms with van der Waals surface area (Å²) >= 11 is 0. The topological polar surface area (TPSA) is 78.9 Å². The third kappa shape index (κ3) is 3.68. The third-order valence-corrected chi connectivity index (χ3v) is 3.26. The number of rotatable bonds is 5. The number of carbonyl (C=O) groups is 2. The standard InChI is InChI=1S/C12H22N2O4/c1-9(2)13-10(15)8-14-6-4-12(18-3,5-7-14)11(16)17/h9H,4-8H2,1-3H3,(H,13,15)(H,16,17). The van der Waals surface area contributed by atoms with Gasteiger partial charge in [0.2, 0.25) is 5.91 Å². The minimum Gasteiger partial charge on any atom is -0.479 e. The number of hydrogen-bond acceptors (Lipinski definition) is 4. The number of nitrogens with one attached hydrogen (secondary N) is 1. The van der Waals surface area contributed by atoms with Crippen LogP contribution in [0.15, 0.2) is 0 Å². The monoisotopic (exact) mass is 258 g/mol. The Morgan fingerprint density at radius 3 is 2.33 bits per heavy atom. The van der Waals surface area contributed by atoms with Gasteiger partial charge in [-0.25, -0.2) is 4.79 Å². The predicted molar refractivity (Wildman–Crippen MR) is 66.3 cm³/mol. The van der Waals surface area contributed by atoms with Crippen LogP contribution in [0.4, 0.5) is 0 Å². The van der Waals surface area contributed by atoms with Gasteiger partial charge in [0, 0.05) is 26.2 Å². The van der Waals surface area contributed by atoms with E-state index in [1.807, 2.05) is 18.7 Å². The van der Waals surface area contributed by atoms with Crippen molar-refractivity contribution in [2.45, 2.75) is 38.3 Å². The molecule has 6 heteroatoms. The highest BCUT2D eigenvalue weighted by molar-refractivity contribution is 5.79.